The summed E-state index contributed by atoms with van der Waals surface area (Å²) in [5.74, 6) is 1.25. The van der Waals surface area contributed by atoms with Crippen molar-refractivity contribution < 1.29 is 8.94 Å². The summed E-state index contributed by atoms with van der Waals surface area (Å²) in [5, 5.41) is 7.30. The Morgan fingerprint density at radius 3 is 3.15 bits per heavy atom. The molecule has 110 valence electrons. The number of hydrogen-bond donors (Lipinski definition) is 1. The number of likely N-dealkylation sites (tertiary alicyclic amines) is 1. The number of aromatic nitrogens is 2. The molecule has 3 rings (SSSR count). The molecule has 1 fully saturated rings. The van der Waals surface area contributed by atoms with Crippen LogP contribution in [0.3, 0.4) is 0 Å². The molecule has 1 atom stereocenters. The Morgan fingerprint density at radius 1 is 1.50 bits per heavy atom. The fourth-order valence-corrected chi connectivity index (χ4v) is 2.45. The Balaban J connectivity index is 0.00000147. The van der Waals surface area contributed by atoms with Crippen LogP contribution in [0, 0.1) is 0 Å². The summed E-state index contributed by atoms with van der Waals surface area (Å²) < 4.78 is 10.3. The first-order chi connectivity index (χ1) is 9.35. The van der Waals surface area contributed by atoms with E-state index in [1.807, 2.05) is 13.1 Å². The van der Waals surface area contributed by atoms with Gasteiger partial charge in [0.25, 0.3) is 0 Å². The minimum Gasteiger partial charge on any atom is -0.472 e. The predicted octanol–water partition coefficient (Wildman–Crippen LogP) is 1.94. The van der Waals surface area contributed by atoms with E-state index in [-0.39, 0.29) is 12.4 Å². The number of hydrogen-bond acceptors (Lipinski definition) is 6. The van der Waals surface area contributed by atoms with E-state index < -0.39 is 0 Å². The number of nitrogens with one attached hydrogen (secondary N) is 1. The smallest absolute Gasteiger partial charge is 0.241 e. The quantitative estimate of drug-likeness (QED) is 0.930. The number of nitrogens with zero attached hydrogens (tertiary/aromatic N) is 3. The van der Waals surface area contributed by atoms with Crippen molar-refractivity contribution in [2.45, 2.75) is 25.4 Å². The largest absolute Gasteiger partial charge is 0.472 e. The minimum atomic E-state index is 0. The summed E-state index contributed by atoms with van der Waals surface area (Å²) in [4.78, 5) is 6.74. The molecule has 7 heteroatoms. The van der Waals surface area contributed by atoms with E-state index in [9.17, 15) is 0 Å². The van der Waals surface area contributed by atoms with Crippen LogP contribution >= 0.6 is 12.4 Å². The summed E-state index contributed by atoms with van der Waals surface area (Å²) in [6, 6.07) is 2.39. The van der Waals surface area contributed by atoms with E-state index in [0.29, 0.717) is 24.3 Å². The zero-order valence-corrected chi connectivity index (χ0v) is 12.2. The summed E-state index contributed by atoms with van der Waals surface area (Å²) >= 11 is 0. The second-order valence-electron chi connectivity index (χ2n) is 4.89. The zero-order valence-electron chi connectivity index (χ0n) is 11.4. The number of piperidine rings is 1. The van der Waals surface area contributed by atoms with E-state index in [2.05, 4.69) is 20.4 Å². The lowest BCUT2D eigenvalue weighted by Gasteiger charge is -2.31. The molecular weight excluding hydrogens is 280 g/mol. The average Bonchev–Trinajstić information content (AvgIpc) is 3.09. The first-order valence-electron chi connectivity index (χ1n) is 6.60. The van der Waals surface area contributed by atoms with Crippen molar-refractivity contribution in [2.24, 2.45) is 0 Å². The molecule has 0 radical (unpaired) electrons. The van der Waals surface area contributed by atoms with Crippen molar-refractivity contribution in [2.75, 3.05) is 20.1 Å². The third kappa shape index (κ3) is 3.39. The van der Waals surface area contributed by atoms with Gasteiger partial charge in [0.2, 0.25) is 11.7 Å². The molecule has 1 aliphatic rings. The van der Waals surface area contributed by atoms with E-state index in [4.69, 9.17) is 8.94 Å². The van der Waals surface area contributed by atoms with Gasteiger partial charge in [-0.3, -0.25) is 4.90 Å². The lowest BCUT2D eigenvalue weighted by Crippen LogP contribution is -2.43. The molecule has 1 aliphatic heterocycles. The Hall–Kier alpha value is -1.37. The number of rotatable bonds is 4. The lowest BCUT2D eigenvalue weighted by molar-refractivity contribution is 0.167. The Kier molecular flexibility index (Phi) is 5.17. The maximum atomic E-state index is 5.30. The van der Waals surface area contributed by atoms with Gasteiger partial charge in [0.05, 0.1) is 18.4 Å². The molecule has 3 heterocycles. The van der Waals surface area contributed by atoms with Crippen LogP contribution in [-0.4, -0.2) is 41.2 Å². The molecule has 0 amide bonds. The third-order valence-electron chi connectivity index (χ3n) is 3.52. The molecule has 2 aromatic rings. The number of furan rings is 1. The third-order valence-corrected chi connectivity index (χ3v) is 3.52. The van der Waals surface area contributed by atoms with Crippen molar-refractivity contribution in [3.63, 3.8) is 0 Å². The molecule has 20 heavy (non-hydrogen) atoms. The van der Waals surface area contributed by atoms with Gasteiger partial charge in [0, 0.05) is 12.6 Å². The maximum Gasteiger partial charge on any atom is 0.241 e. The normalized spacial score (nSPS) is 19.8. The molecule has 1 saturated heterocycles. The fourth-order valence-electron chi connectivity index (χ4n) is 2.45. The van der Waals surface area contributed by atoms with E-state index in [0.717, 1.165) is 18.7 Å². The van der Waals surface area contributed by atoms with Crippen LogP contribution in [0.25, 0.3) is 11.4 Å². The van der Waals surface area contributed by atoms with Crippen LogP contribution in [0.1, 0.15) is 18.7 Å². The monoisotopic (exact) mass is 298 g/mol. The van der Waals surface area contributed by atoms with Gasteiger partial charge in [-0.25, -0.2) is 0 Å². The average molecular weight is 299 g/mol. The summed E-state index contributed by atoms with van der Waals surface area (Å²) in [7, 11) is 2.01. The van der Waals surface area contributed by atoms with Gasteiger partial charge in [0.15, 0.2) is 0 Å². The molecular formula is C13H19ClN4O2. The van der Waals surface area contributed by atoms with Crippen LogP contribution in [0.4, 0.5) is 0 Å². The molecule has 0 bridgehead atoms. The first kappa shape index (κ1) is 15.0. The maximum absolute atomic E-state index is 5.30. The van der Waals surface area contributed by atoms with Crippen LogP contribution < -0.4 is 5.32 Å². The highest BCUT2D eigenvalue weighted by Gasteiger charge is 2.20. The van der Waals surface area contributed by atoms with Gasteiger partial charge in [-0.2, -0.15) is 4.98 Å². The highest BCUT2D eigenvalue weighted by Crippen LogP contribution is 2.17. The van der Waals surface area contributed by atoms with Crippen LogP contribution in [0.5, 0.6) is 0 Å². The lowest BCUT2D eigenvalue weighted by atomic mass is 10.1. The van der Waals surface area contributed by atoms with E-state index >= 15 is 0 Å². The number of likely N-dealkylation sites (N-methyl/N-ethyl adjacent to an activating group) is 1. The van der Waals surface area contributed by atoms with Crippen molar-refractivity contribution in [3.05, 3.63) is 24.5 Å². The van der Waals surface area contributed by atoms with Crippen molar-refractivity contribution in [1.29, 1.82) is 0 Å². The van der Waals surface area contributed by atoms with E-state index in [1.165, 1.54) is 12.8 Å². The first-order valence-corrected chi connectivity index (χ1v) is 6.60. The van der Waals surface area contributed by atoms with Crippen LogP contribution in [0.15, 0.2) is 27.5 Å². The molecule has 2 aromatic heterocycles. The second kappa shape index (κ2) is 6.88. The van der Waals surface area contributed by atoms with Gasteiger partial charge in [-0.1, -0.05) is 5.16 Å². The van der Waals surface area contributed by atoms with Gasteiger partial charge in [-0.05, 0) is 32.5 Å². The van der Waals surface area contributed by atoms with Gasteiger partial charge in [0.1, 0.15) is 6.26 Å². The highest BCUT2D eigenvalue weighted by atomic mass is 35.5. The molecule has 1 N–H and O–H groups in total. The van der Waals surface area contributed by atoms with Crippen molar-refractivity contribution in [1.82, 2.24) is 20.4 Å². The Labute approximate surface area is 123 Å². The topological polar surface area (TPSA) is 67.3 Å². The Morgan fingerprint density at radius 2 is 2.40 bits per heavy atom. The highest BCUT2D eigenvalue weighted by molar-refractivity contribution is 5.85. The van der Waals surface area contributed by atoms with Crippen LogP contribution in [0.2, 0.25) is 0 Å². The van der Waals surface area contributed by atoms with Gasteiger partial charge >= 0.3 is 0 Å². The van der Waals surface area contributed by atoms with E-state index in [1.54, 1.807) is 12.5 Å². The number of halogens is 1. The minimum absolute atomic E-state index is 0. The predicted molar refractivity (Wildman–Crippen MR) is 76.6 cm³/mol. The molecule has 1 unspecified atom stereocenters. The fraction of sp³-hybridized carbons (Fsp3) is 0.538. The van der Waals surface area contributed by atoms with Crippen LogP contribution in [-0.2, 0) is 6.54 Å². The summed E-state index contributed by atoms with van der Waals surface area (Å²) in [5.41, 5.74) is 0.849. The molecule has 0 saturated carbocycles. The molecule has 0 spiro atoms. The molecule has 6 nitrogen and oxygen atoms in total. The SMILES string of the molecule is CNC1CCCN(Cc2nc(-c3ccoc3)no2)C1.Cl. The van der Waals surface area contributed by atoms with Crippen molar-refractivity contribution >= 4 is 12.4 Å². The summed E-state index contributed by atoms with van der Waals surface area (Å²) in [6.07, 6.45) is 5.66. The molecule has 0 aliphatic carbocycles. The standard InChI is InChI=1S/C13H18N4O2.ClH/c1-14-11-3-2-5-17(7-11)8-12-15-13(16-19-12)10-4-6-18-9-10;/h4,6,9,11,14H,2-3,5,7-8H2,1H3;1H. The summed E-state index contributed by atoms with van der Waals surface area (Å²) in [6.45, 7) is 2.82. The van der Waals surface area contributed by atoms with Crippen molar-refractivity contribution in [3.8, 4) is 11.4 Å². The van der Waals surface area contributed by atoms with Gasteiger partial charge in [-0.15, -0.1) is 12.4 Å². The Bertz CT molecular complexity index is 514. The zero-order chi connectivity index (χ0) is 13.1. The van der Waals surface area contributed by atoms with Gasteiger partial charge < -0.3 is 14.3 Å². The second-order valence-corrected chi connectivity index (χ2v) is 4.89. The molecule has 0 aromatic carbocycles.